The van der Waals surface area contributed by atoms with E-state index >= 15 is 0 Å². The fraction of sp³-hybridized carbons (Fsp3) is 0.273. The first-order valence-electron chi connectivity index (χ1n) is 4.14. The molecule has 0 aliphatic carbocycles. The lowest BCUT2D eigenvalue weighted by molar-refractivity contribution is 0.360. The lowest BCUT2D eigenvalue weighted by atomic mass is 10.2. The smallest absolute Gasteiger partial charge is 0.122 e. The number of hydrogen-bond donors (Lipinski definition) is 0. The second kappa shape index (κ2) is 4.60. The number of hydrogen-bond acceptors (Lipinski definition) is 1. The van der Waals surface area contributed by atoms with E-state index < -0.39 is 0 Å². The van der Waals surface area contributed by atoms with E-state index in [1.165, 1.54) is 5.56 Å². The van der Waals surface area contributed by atoms with Gasteiger partial charge in [-0.1, -0.05) is 30.4 Å². The van der Waals surface area contributed by atoms with Crippen molar-refractivity contribution in [2.75, 3.05) is 6.61 Å². The van der Waals surface area contributed by atoms with E-state index in [0.717, 1.165) is 5.75 Å². The van der Waals surface area contributed by atoms with Crippen LogP contribution in [0.25, 0.3) is 0 Å². The Labute approximate surface area is 73.7 Å². The summed E-state index contributed by atoms with van der Waals surface area (Å²) in [5.74, 6) is 0.968. The van der Waals surface area contributed by atoms with Crippen LogP contribution in [0.15, 0.2) is 36.4 Å². The zero-order valence-electron chi connectivity index (χ0n) is 7.58. The third kappa shape index (κ3) is 2.42. The molecule has 1 aromatic rings. The van der Waals surface area contributed by atoms with Crippen LogP contribution in [0.1, 0.15) is 12.5 Å². The zero-order chi connectivity index (χ0) is 8.81. The summed E-state index contributed by atoms with van der Waals surface area (Å²) in [7, 11) is 0. The van der Waals surface area contributed by atoms with E-state index in [9.17, 15) is 0 Å². The number of para-hydroxylation sites is 1. The van der Waals surface area contributed by atoms with Gasteiger partial charge in [0.1, 0.15) is 12.4 Å². The molecule has 0 atom stereocenters. The van der Waals surface area contributed by atoms with Crippen molar-refractivity contribution < 1.29 is 4.74 Å². The van der Waals surface area contributed by atoms with Gasteiger partial charge in [-0.3, -0.25) is 0 Å². The maximum absolute atomic E-state index is 5.49. The Morgan fingerprint density at radius 1 is 1.33 bits per heavy atom. The first-order chi connectivity index (χ1) is 5.84. The first-order valence-corrected chi connectivity index (χ1v) is 4.14. The van der Waals surface area contributed by atoms with Crippen molar-refractivity contribution in [3.8, 4) is 5.75 Å². The third-order valence-electron chi connectivity index (χ3n) is 1.66. The highest BCUT2D eigenvalue weighted by Gasteiger charge is 1.93. The summed E-state index contributed by atoms with van der Waals surface area (Å²) in [4.78, 5) is 0. The molecule has 1 aromatic carbocycles. The molecule has 0 spiro atoms. The lowest BCUT2D eigenvalue weighted by Crippen LogP contribution is -1.94. The second-order valence-corrected chi connectivity index (χ2v) is 2.65. The van der Waals surface area contributed by atoms with Crippen LogP contribution in [-0.4, -0.2) is 6.61 Å². The molecule has 0 unspecified atom stereocenters. The minimum Gasteiger partial charge on any atom is -0.489 e. The lowest BCUT2D eigenvalue weighted by Gasteiger charge is -2.05. The van der Waals surface area contributed by atoms with Crippen molar-refractivity contribution in [1.29, 1.82) is 0 Å². The molecule has 0 aromatic heterocycles. The Kier molecular flexibility index (Phi) is 3.39. The predicted molar refractivity (Wildman–Crippen MR) is 51.5 cm³/mol. The van der Waals surface area contributed by atoms with Crippen molar-refractivity contribution in [3.05, 3.63) is 42.0 Å². The van der Waals surface area contributed by atoms with Gasteiger partial charge in [-0.15, -0.1) is 0 Å². The van der Waals surface area contributed by atoms with Crippen molar-refractivity contribution >= 4 is 0 Å². The molecule has 0 N–H and O–H groups in total. The van der Waals surface area contributed by atoms with E-state index in [1.54, 1.807) is 0 Å². The normalized spacial score (nSPS) is 10.5. The van der Waals surface area contributed by atoms with Gasteiger partial charge in [0.15, 0.2) is 0 Å². The van der Waals surface area contributed by atoms with Crippen LogP contribution in [0.2, 0.25) is 0 Å². The summed E-state index contributed by atoms with van der Waals surface area (Å²) in [5.41, 5.74) is 1.18. The Bertz CT molecular complexity index is 263. The predicted octanol–water partition coefficient (Wildman–Crippen LogP) is 2.95. The molecule has 1 heteroatoms. The molecule has 64 valence electrons. The minimum absolute atomic E-state index is 0.654. The minimum atomic E-state index is 0.654. The molecule has 0 aliphatic heterocycles. The van der Waals surface area contributed by atoms with Crippen LogP contribution >= 0.6 is 0 Å². The van der Waals surface area contributed by atoms with Gasteiger partial charge in [0, 0.05) is 0 Å². The fourth-order valence-corrected chi connectivity index (χ4v) is 0.952. The quantitative estimate of drug-likeness (QED) is 0.621. The van der Waals surface area contributed by atoms with Crippen molar-refractivity contribution in [2.24, 2.45) is 0 Å². The fourth-order valence-electron chi connectivity index (χ4n) is 0.952. The topological polar surface area (TPSA) is 9.23 Å². The Hall–Kier alpha value is -1.24. The average Bonchev–Trinajstić information content (AvgIpc) is 2.09. The van der Waals surface area contributed by atoms with Gasteiger partial charge >= 0.3 is 0 Å². The summed E-state index contributed by atoms with van der Waals surface area (Å²) < 4.78 is 5.49. The highest BCUT2D eigenvalue weighted by atomic mass is 16.5. The summed E-state index contributed by atoms with van der Waals surface area (Å²) >= 11 is 0. The molecular formula is C11H14O. The SMILES string of the molecule is C/C=C/COc1ccccc1C. The van der Waals surface area contributed by atoms with E-state index in [2.05, 4.69) is 0 Å². The van der Waals surface area contributed by atoms with E-state index in [1.807, 2.05) is 50.3 Å². The molecule has 0 saturated heterocycles. The summed E-state index contributed by atoms with van der Waals surface area (Å²) in [6.07, 6.45) is 3.98. The number of aryl methyl sites for hydroxylation is 1. The molecule has 0 amide bonds. The molecule has 0 aliphatic rings. The average molecular weight is 162 g/mol. The van der Waals surface area contributed by atoms with Crippen LogP contribution < -0.4 is 4.74 Å². The van der Waals surface area contributed by atoms with Crippen LogP contribution in [-0.2, 0) is 0 Å². The molecule has 0 fully saturated rings. The molecule has 1 rings (SSSR count). The van der Waals surface area contributed by atoms with E-state index in [4.69, 9.17) is 4.74 Å². The van der Waals surface area contributed by atoms with Crippen molar-refractivity contribution in [2.45, 2.75) is 13.8 Å². The van der Waals surface area contributed by atoms with Gasteiger partial charge in [0.05, 0.1) is 0 Å². The number of ether oxygens (including phenoxy) is 1. The summed E-state index contributed by atoms with van der Waals surface area (Å²) in [6.45, 7) is 4.69. The van der Waals surface area contributed by atoms with Crippen molar-refractivity contribution in [1.82, 2.24) is 0 Å². The molecule has 1 nitrogen and oxygen atoms in total. The highest BCUT2D eigenvalue weighted by Crippen LogP contribution is 2.15. The Morgan fingerprint density at radius 3 is 2.75 bits per heavy atom. The van der Waals surface area contributed by atoms with Gasteiger partial charge in [0.2, 0.25) is 0 Å². The third-order valence-corrected chi connectivity index (χ3v) is 1.66. The van der Waals surface area contributed by atoms with Gasteiger partial charge < -0.3 is 4.74 Å². The highest BCUT2D eigenvalue weighted by molar-refractivity contribution is 5.31. The summed E-state index contributed by atoms with van der Waals surface area (Å²) in [5, 5.41) is 0. The molecule has 0 bridgehead atoms. The van der Waals surface area contributed by atoms with Crippen LogP contribution in [0.3, 0.4) is 0 Å². The van der Waals surface area contributed by atoms with Crippen molar-refractivity contribution in [3.63, 3.8) is 0 Å². The Balaban J connectivity index is 2.57. The van der Waals surface area contributed by atoms with E-state index in [0.29, 0.717) is 6.61 Å². The van der Waals surface area contributed by atoms with Crippen LogP contribution in [0.4, 0.5) is 0 Å². The van der Waals surface area contributed by atoms with Crippen LogP contribution in [0.5, 0.6) is 5.75 Å². The standard InChI is InChI=1S/C11H14O/c1-3-4-9-12-11-8-6-5-7-10(11)2/h3-8H,9H2,1-2H3/b4-3+. The van der Waals surface area contributed by atoms with Gasteiger partial charge in [-0.25, -0.2) is 0 Å². The molecular weight excluding hydrogens is 148 g/mol. The molecule has 0 heterocycles. The Morgan fingerprint density at radius 2 is 2.08 bits per heavy atom. The maximum Gasteiger partial charge on any atom is 0.122 e. The van der Waals surface area contributed by atoms with Gasteiger partial charge in [-0.2, -0.15) is 0 Å². The van der Waals surface area contributed by atoms with E-state index in [-0.39, 0.29) is 0 Å². The molecule has 0 saturated carbocycles. The zero-order valence-corrected chi connectivity index (χ0v) is 7.58. The number of rotatable bonds is 3. The second-order valence-electron chi connectivity index (χ2n) is 2.65. The van der Waals surface area contributed by atoms with Crippen LogP contribution in [0, 0.1) is 6.92 Å². The number of allylic oxidation sites excluding steroid dienone is 1. The number of benzene rings is 1. The first kappa shape index (κ1) is 8.85. The monoisotopic (exact) mass is 162 g/mol. The molecule has 12 heavy (non-hydrogen) atoms. The van der Waals surface area contributed by atoms with Gasteiger partial charge in [-0.05, 0) is 25.5 Å². The summed E-state index contributed by atoms with van der Waals surface area (Å²) in [6, 6.07) is 8.03. The maximum atomic E-state index is 5.49. The largest absolute Gasteiger partial charge is 0.489 e. The van der Waals surface area contributed by atoms with Gasteiger partial charge in [0.25, 0.3) is 0 Å². The molecule has 0 radical (unpaired) electrons.